The minimum atomic E-state index is -3.79. The Morgan fingerprint density at radius 3 is 2.52 bits per heavy atom. The van der Waals surface area contributed by atoms with E-state index in [4.69, 9.17) is 11.6 Å². The van der Waals surface area contributed by atoms with E-state index in [1.54, 1.807) is 25.1 Å². The zero-order chi connectivity index (χ0) is 18.2. The summed E-state index contributed by atoms with van der Waals surface area (Å²) < 4.78 is 53.1. The lowest BCUT2D eigenvalue weighted by atomic mass is 10.2. The van der Waals surface area contributed by atoms with Crippen molar-refractivity contribution < 1.29 is 16.8 Å². The smallest absolute Gasteiger partial charge is 0.262 e. The highest BCUT2D eigenvalue weighted by atomic mass is 35.5. The molecule has 1 aliphatic heterocycles. The molecule has 25 heavy (non-hydrogen) atoms. The van der Waals surface area contributed by atoms with Crippen LogP contribution < -0.4 is 9.03 Å². The van der Waals surface area contributed by atoms with Crippen molar-refractivity contribution >= 4 is 43.0 Å². The number of rotatable bonds is 4. The fourth-order valence-electron chi connectivity index (χ4n) is 2.75. The average molecular weight is 401 g/mol. The third-order valence-corrected chi connectivity index (χ3v) is 7.67. The molecule has 6 nitrogen and oxygen atoms in total. The zero-order valence-corrected chi connectivity index (χ0v) is 15.8. The van der Waals surface area contributed by atoms with E-state index in [-0.39, 0.29) is 27.0 Å². The van der Waals surface area contributed by atoms with Crippen LogP contribution in [-0.4, -0.2) is 29.1 Å². The first-order chi connectivity index (χ1) is 11.7. The first kappa shape index (κ1) is 18.0. The molecular weight excluding hydrogens is 384 g/mol. The normalized spacial score (nSPS) is 16.8. The molecule has 0 bridgehead atoms. The predicted octanol–water partition coefficient (Wildman–Crippen LogP) is 2.99. The molecule has 0 spiro atoms. The van der Waals surface area contributed by atoms with Crippen LogP contribution in [0.5, 0.6) is 0 Å². The van der Waals surface area contributed by atoms with Crippen molar-refractivity contribution in [3.63, 3.8) is 0 Å². The summed E-state index contributed by atoms with van der Waals surface area (Å²) in [5.41, 5.74) is 1.15. The monoisotopic (exact) mass is 400 g/mol. The number of nitrogens with one attached hydrogen (secondary N) is 1. The molecule has 134 valence electrons. The number of nitrogens with zero attached hydrogens (tertiary/aromatic N) is 1. The van der Waals surface area contributed by atoms with Crippen LogP contribution in [0.1, 0.15) is 12.0 Å². The number of anilines is 2. The maximum absolute atomic E-state index is 12.6. The highest BCUT2D eigenvalue weighted by Crippen LogP contribution is 2.34. The van der Waals surface area contributed by atoms with Gasteiger partial charge in [-0.2, -0.15) is 0 Å². The lowest BCUT2D eigenvalue weighted by Crippen LogP contribution is -2.25. The molecule has 0 unspecified atom stereocenters. The Morgan fingerprint density at radius 2 is 1.88 bits per heavy atom. The molecule has 3 rings (SSSR count). The minimum Gasteiger partial charge on any atom is -0.280 e. The van der Waals surface area contributed by atoms with E-state index in [0.717, 1.165) is 0 Å². The summed E-state index contributed by atoms with van der Waals surface area (Å²) in [5.74, 6) is 0.0580. The van der Waals surface area contributed by atoms with Crippen molar-refractivity contribution in [2.24, 2.45) is 0 Å². The third kappa shape index (κ3) is 3.61. The molecule has 0 radical (unpaired) electrons. The van der Waals surface area contributed by atoms with Crippen LogP contribution in [0, 0.1) is 6.92 Å². The van der Waals surface area contributed by atoms with Gasteiger partial charge < -0.3 is 0 Å². The number of benzene rings is 2. The number of aryl methyl sites for hydroxylation is 1. The van der Waals surface area contributed by atoms with Gasteiger partial charge in [0.05, 0.1) is 27.0 Å². The second-order valence-corrected chi connectivity index (χ2v) is 9.85. The summed E-state index contributed by atoms with van der Waals surface area (Å²) >= 11 is 6.13. The molecular formula is C16H17ClN2O4S2. The van der Waals surface area contributed by atoms with Gasteiger partial charge in [0, 0.05) is 6.54 Å². The maximum atomic E-state index is 12.6. The number of hydrogen-bond acceptors (Lipinski definition) is 4. The fraction of sp³-hybridized carbons (Fsp3) is 0.250. The molecule has 2 aromatic rings. The molecule has 0 aliphatic carbocycles. The first-order valence-electron chi connectivity index (χ1n) is 7.59. The van der Waals surface area contributed by atoms with Crippen LogP contribution in [0.3, 0.4) is 0 Å². The van der Waals surface area contributed by atoms with Gasteiger partial charge in [0.25, 0.3) is 10.0 Å². The summed E-state index contributed by atoms with van der Waals surface area (Å²) in [6.07, 6.45) is 0.512. The van der Waals surface area contributed by atoms with Crippen molar-refractivity contribution in [3.8, 4) is 0 Å². The average Bonchev–Trinajstić information content (AvgIpc) is 2.88. The summed E-state index contributed by atoms with van der Waals surface area (Å²) in [6, 6.07) is 11.1. The van der Waals surface area contributed by atoms with Crippen molar-refractivity contribution in [3.05, 3.63) is 53.1 Å². The topological polar surface area (TPSA) is 83.6 Å². The molecule has 0 atom stereocenters. The molecule has 2 aromatic carbocycles. The number of hydrogen-bond donors (Lipinski definition) is 1. The second kappa shape index (κ2) is 6.51. The van der Waals surface area contributed by atoms with Gasteiger partial charge in [-0.05, 0) is 43.2 Å². The van der Waals surface area contributed by atoms with E-state index >= 15 is 0 Å². The van der Waals surface area contributed by atoms with E-state index in [0.29, 0.717) is 18.5 Å². The Labute approximate surface area is 152 Å². The highest BCUT2D eigenvalue weighted by molar-refractivity contribution is 7.93. The maximum Gasteiger partial charge on any atom is 0.262 e. The molecule has 1 heterocycles. The predicted molar refractivity (Wildman–Crippen MR) is 99.2 cm³/mol. The molecule has 1 fully saturated rings. The van der Waals surface area contributed by atoms with Crippen molar-refractivity contribution in [2.45, 2.75) is 18.2 Å². The summed E-state index contributed by atoms with van der Waals surface area (Å²) in [7, 11) is -7.20. The Morgan fingerprint density at radius 1 is 1.16 bits per heavy atom. The van der Waals surface area contributed by atoms with Crippen LogP contribution in [0.25, 0.3) is 0 Å². The summed E-state index contributed by atoms with van der Waals surface area (Å²) in [4.78, 5) is 0.167. The van der Waals surface area contributed by atoms with Crippen LogP contribution in [-0.2, 0) is 20.0 Å². The second-order valence-electron chi connectivity index (χ2n) is 5.78. The van der Waals surface area contributed by atoms with Gasteiger partial charge in [0.2, 0.25) is 10.0 Å². The lowest BCUT2D eigenvalue weighted by Gasteiger charge is -2.19. The van der Waals surface area contributed by atoms with Gasteiger partial charge in [-0.25, -0.2) is 16.8 Å². The standard InChI is InChI=1S/C16H17ClN2O4S2/c1-12-5-2-3-6-16(12)25(22,23)18-13-7-8-14(17)15(11-13)19-9-4-10-24(19,20)21/h2-3,5-8,11,18H,4,9-10H2,1H3. The van der Waals surface area contributed by atoms with Crippen molar-refractivity contribution in [1.29, 1.82) is 0 Å². The Bertz CT molecular complexity index is 1020. The van der Waals surface area contributed by atoms with Crippen LogP contribution in [0.15, 0.2) is 47.4 Å². The molecule has 0 aromatic heterocycles. The number of halogens is 1. The third-order valence-electron chi connectivity index (χ3n) is 3.95. The Kier molecular flexibility index (Phi) is 4.70. The Hall–Kier alpha value is -1.77. The van der Waals surface area contributed by atoms with Gasteiger partial charge in [0.1, 0.15) is 0 Å². The van der Waals surface area contributed by atoms with Gasteiger partial charge in [-0.15, -0.1) is 0 Å². The largest absolute Gasteiger partial charge is 0.280 e. The molecule has 0 saturated carbocycles. The van der Waals surface area contributed by atoms with E-state index in [9.17, 15) is 16.8 Å². The van der Waals surface area contributed by atoms with Crippen molar-refractivity contribution in [1.82, 2.24) is 0 Å². The van der Waals surface area contributed by atoms with Gasteiger partial charge >= 0.3 is 0 Å². The zero-order valence-electron chi connectivity index (χ0n) is 13.4. The van der Waals surface area contributed by atoms with E-state index < -0.39 is 20.0 Å². The van der Waals surface area contributed by atoms with Crippen molar-refractivity contribution in [2.75, 3.05) is 21.3 Å². The van der Waals surface area contributed by atoms with E-state index in [1.165, 1.54) is 28.6 Å². The minimum absolute atomic E-state index is 0.0580. The molecule has 1 saturated heterocycles. The SMILES string of the molecule is Cc1ccccc1S(=O)(=O)Nc1ccc(Cl)c(N2CCCS2(=O)=O)c1. The first-order valence-corrected chi connectivity index (χ1v) is 11.1. The van der Waals surface area contributed by atoms with Crippen LogP contribution >= 0.6 is 11.6 Å². The molecule has 9 heteroatoms. The van der Waals surface area contributed by atoms with Gasteiger partial charge in [-0.1, -0.05) is 29.8 Å². The van der Waals surface area contributed by atoms with Gasteiger partial charge in [-0.3, -0.25) is 9.03 Å². The molecule has 1 N–H and O–H groups in total. The number of sulfonamides is 2. The molecule has 0 amide bonds. The fourth-order valence-corrected chi connectivity index (χ4v) is 5.88. The highest BCUT2D eigenvalue weighted by Gasteiger charge is 2.30. The lowest BCUT2D eigenvalue weighted by molar-refractivity contribution is 0.598. The quantitative estimate of drug-likeness (QED) is 0.855. The van der Waals surface area contributed by atoms with E-state index in [2.05, 4.69) is 4.72 Å². The van der Waals surface area contributed by atoms with Crippen LogP contribution in [0.2, 0.25) is 5.02 Å². The van der Waals surface area contributed by atoms with E-state index in [1.807, 2.05) is 0 Å². The Balaban J connectivity index is 1.97. The summed E-state index contributed by atoms with van der Waals surface area (Å²) in [6.45, 7) is 2.04. The van der Waals surface area contributed by atoms with Gasteiger partial charge in [0.15, 0.2) is 0 Å². The van der Waals surface area contributed by atoms with Crippen LogP contribution in [0.4, 0.5) is 11.4 Å². The summed E-state index contributed by atoms with van der Waals surface area (Å²) in [5, 5.41) is 0.254. The molecule has 1 aliphatic rings.